The zero-order valence-corrected chi connectivity index (χ0v) is 10.5. The Hall–Kier alpha value is -0.280. The van der Waals surface area contributed by atoms with Gasteiger partial charge in [0.2, 0.25) is 0 Å². The number of rotatable bonds is 11. The number of hydrogen-bond acceptors (Lipinski definition) is 7. The summed E-state index contributed by atoms with van der Waals surface area (Å²) in [7, 11) is 0. The summed E-state index contributed by atoms with van der Waals surface area (Å²) < 4.78 is 5.26. The lowest BCUT2D eigenvalue weighted by Crippen LogP contribution is -2.42. The molecule has 0 aliphatic rings. The molecule has 0 bridgehead atoms. The van der Waals surface area contributed by atoms with Crippen LogP contribution in [0.1, 0.15) is 6.42 Å². The molecular formula is C11H24O7. The first-order valence-electron chi connectivity index (χ1n) is 5.80. The summed E-state index contributed by atoms with van der Waals surface area (Å²) in [5, 5.41) is 54.5. The summed E-state index contributed by atoms with van der Waals surface area (Å²) in [4.78, 5) is 0. The van der Waals surface area contributed by atoms with E-state index in [0.717, 1.165) is 0 Å². The number of aliphatic hydroxyl groups is 6. The lowest BCUT2D eigenvalue weighted by Gasteiger charge is -2.32. The molecule has 0 saturated carbocycles. The highest BCUT2D eigenvalue weighted by Crippen LogP contribution is 2.23. The predicted octanol–water partition coefficient (Wildman–Crippen LogP) is -2.68. The summed E-state index contributed by atoms with van der Waals surface area (Å²) in [5.74, 6) is 0. The Morgan fingerprint density at radius 3 is 1.33 bits per heavy atom. The maximum Gasteiger partial charge on any atom is 0.0629 e. The van der Waals surface area contributed by atoms with Gasteiger partial charge in [0, 0.05) is 12.0 Å². The topological polar surface area (TPSA) is 131 Å². The van der Waals surface area contributed by atoms with Gasteiger partial charge < -0.3 is 35.4 Å². The summed E-state index contributed by atoms with van der Waals surface area (Å²) in [6.07, 6.45) is 0.171. The third-order valence-electron chi connectivity index (χ3n) is 3.14. The van der Waals surface area contributed by atoms with E-state index in [1.54, 1.807) is 0 Å². The summed E-state index contributed by atoms with van der Waals surface area (Å²) in [6, 6.07) is 0. The molecular weight excluding hydrogens is 244 g/mol. The van der Waals surface area contributed by atoms with Crippen LogP contribution in [-0.2, 0) is 4.74 Å². The molecule has 0 aromatic rings. The van der Waals surface area contributed by atoms with Gasteiger partial charge in [-0.15, -0.1) is 0 Å². The molecule has 110 valence electrons. The predicted molar refractivity (Wildman–Crippen MR) is 62.8 cm³/mol. The Bertz CT molecular complexity index is 193. The quantitative estimate of drug-likeness (QED) is 0.241. The third kappa shape index (κ3) is 4.77. The summed E-state index contributed by atoms with van der Waals surface area (Å²) in [5.41, 5.74) is -2.10. The van der Waals surface area contributed by atoms with Crippen LogP contribution in [-0.4, -0.2) is 83.5 Å². The normalized spacial score (nSPS) is 13.0. The molecule has 7 nitrogen and oxygen atoms in total. The van der Waals surface area contributed by atoms with Gasteiger partial charge >= 0.3 is 0 Å². The molecule has 0 saturated heterocycles. The monoisotopic (exact) mass is 268 g/mol. The third-order valence-corrected chi connectivity index (χ3v) is 3.14. The van der Waals surface area contributed by atoms with Crippen LogP contribution in [0.4, 0.5) is 0 Å². The zero-order valence-electron chi connectivity index (χ0n) is 10.5. The van der Waals surface area contributed by atoms with Gasteiger partial charge in [-0.05, 0) is 6.42 Å². The van der Waals surface area contributed by atoms with E-state index in [0.29, 0.717) is 0 Å². The highest BCUT2D eigenvalue weighted by atomic mass is 16.5. The molecule has 0 rings (SSSR count). The second-order valence-electron chi connectivity index (χ2n) is 4.76. The highest BCUT2D eigenvalue weighted by Gasteiger charge is 2.32. The molecule has 0 aliphatic heterocycles. The Morgan fingerprint density at radius 2 is 1.00 bits per heavy atom. The fraction of sp³-hybridized carbons (Fsp3) is 1.00. The van der Waals surface area contributed by atoms with E-state index in [1.807, 2.05) is 0 Å². The smallest absolute Gasteiger partial charge is 0.0629 e. The van der Waals surface area contributed by atoms with Gasteiger partial charge in [-0.2, -0.15) is 0 Å². The van der Waals surface area contributed by atoms with Crippen LogP contribution in [0.25, 0.3) is 0 Å². The van der Waals surface area contributed by atoms with E-state index in [4.69, 9.17) is 25.2 Å². The van der Waals surface area contributed by atoms with Crippen LogP contribution in [0.15, 0.2) is 0 Å². The summed E-state index contributed by atoms with van der Waals surface area (Å²) in [6.45, 7) is -2.37. The first kappa shape index (κ1) is 17.7. The van der Waals surface area contributed by atoms with Gasteiger partial charge in [-0.3, -0.25) is 0 Å². The van der Waals surface area contributed by atoms with Crippen molar-refractivity contribution in [1.29, 1.82) is 0 Å². The highest BCUT2D eigenvalue weighted by molar-refractivity contribution is 4.80. The van der Waals surface area contributed by atoms with Gasteiger partial charge in [0.05, 0.1) is 51.7 Å². The van der Waals surface area contributed by atoms with Crippen LogP contribution in [0.3, 0.4) is 0 Å². The molecule has 0 aromatic carbocycles. The molecule has 6 N–H and O–H groups in total. The minimum absolute atomic E-state index is 0.0394. The van der Waals surface area contributed by atoms with Crippen LogP contribution in [0, 0.1) is 10.8 Å². The van der Waals surface area contributed by atoms with Crippen molar-refractivity contribution in [3.63, 3.8) is 0 Å². The lowest BCUT2D eigenvalue weighted by atomic mass is 9.87. The van der Waals surface area contributed by atoms with E-state index < -0.39 is 30.7 Å². The average molecular weight is 268 g/mol. The van der Waals surface area contributed by atoms with Gasteiger partial charge in [-0.1, -0.05) is 0 Å². The van der Waals surface area contributed by atoms with Crippen molar-refractivity contribution in [1.82, 2.24) is 0 Å². The molecule has 18 heavy (non-hydrogen) atoms. The summed E-state index contributed by atoms with van der Waals surface area (Å²) >= 11 is 0. The van der Waals surface area contributed by atoms with Crippen molar-refractivity contribution in [3.05, 3.63) is 0 Å². The standard InChI is InChI=1S/C11H24O7/c12-2-1-10(3-13,4-14)8-18-9-11(5-15,6-16)7-17/h12-17H,1-9H2. The van der Waals surface area contributed by atoms with Crippen LogP contribution >= 0.6 is 0 Å². The number of aliphatic hydroxyl groups excluding tert-OH is 6. The van der Waals surface area contributed by atoms with Gasteiger partial charge in [0.15, 0.2) is 0 Å². The van der Waals surface area contributed by atoms with Crippen molar-refractivity contribution in [2.45, 2.75) is 6.42 Å². The van der Waals surface area contributed by atoms with Crippen molar-refractivity contribution < 1.29 is 35.4 Å². The zero-order chi connectivity index (χ0) is 14.1. The van der Waals surface area contributed by atoms with Crippen molar-refractivity contribution in [3.8, 4) is 0 Å². The molecule has 7 heteroatoms. The molecule has 0 amide bonds. The minimum Gasteiger partial charge on any atom is -0.396 e. The molecule has 0 aromatic heterocycles. The van der Waals surface area contributed by atoms with Gasteiger partial charge in [0.1, 0.15) is 0 Å². The Labute approximate surface area is 106 Å². The number of hydrogen-bond donors (Lipinski definition) is 6. The molecule has 0 radical (unpaired) electrons. The maximum atomic E-state index is 9.21. The molecule has 0 spiro atoms. The van der Waals surface area contributed by atoms with E-state index in [2.05, 4.69) is 0 Å². The van der Waals surface area contributed by atoms with Crippen LogP contribution < -0.4 is 0 Å². The maximum absolute atomic E-state index is 9.21. The molecule has 0 unspecified atom stereocenters. The second kappa shape index (κ2) is 8.76. The molecule has 0 atom stereocenters. The molecule has 0 heterocycles. The SMILES string of the molecule is OCCC(CO)(CO)COCC(CO)(CO)CO. The van der Waals surface area contributed by atoms with Crippen molar-refractivity contribution in [2.75, 3.05) is 52.9 Å². The Morgan fingerprint density at radius 1 is 0.611 bits per heavy atom. The van der Waals surface area contributed by atoms with Crippen molar-refractivity contribution in [2.24, 2.45) is 10.8 Å². The molecule has 0 fully saturated rings. The van der Waals surface area contributed by atoms with Gasteiger partial charge in [0.25, 0.3) is 0 Å². The Balaban J connectivity index is 4.36. The van der Waals surface area contributed by atoms with E-state index in [9.17, 15) is 10.2 Å². The van der Waals surface area contributed by atoms with E-state index in [-0.39, 0.29) is 39.5 Å². The largest absolute Gasteiger partial charge is 0.396 e. The fourth-order valence-electron chi connectivity index (χ4n) is 1.38. The number of ether oxygens (including phenoxy) is 1. The van der Waals surface area contributed by atoms with Crippen LogP contribution in [0.2, 0.25) is 0 Å². The first-order chi connectivity index (χ1) is 8.57. The average Bonchev–Trinajstić information content (AvgIpc) is 2.43. The van der Waals surface area contributed by atoms with Crippen molar-refractivity contribution >= 4 is 0 Å². The van der Waals surface area contributed by atoms with E-state index >= 15 is 0 Å². The lowest BCUT2D eigenvalue weighted by molar-refractivity contribution is -0.0957. The first-order valence-corrected chi connectivity index (χ1v) is 5.80. The second-order valence-corrected chi connectivity index (χ2v) is 4.76. The van der Waals surface area contributed by atoms with Crippen LogP contribution in [0.5, 0.6) is 0 Å². The Kier molecular flexibility index (Phi) is 8.62. The van der Waals surface area contributed by atoms with Gasteiger partial charge in [-0.25, -0.2) is 0 Å². The van der Waals surface area contributed by atoms with E-state index in [1.165, 1.54) is 0 Å². The minimum atomic E-state index is -1.14. The fourth-order valence-corrected chi connectivity index (χ4v) is 1.38. The molecule has 0 aliphatic carbocycles.